The van der Waals surface area contributed by atoms with Crippen LogP contribution in [-0.4, -0.2) is 33.1 Å². The quantitative estimate of drug-likeness (QED) is 0.777. The minimum atomic E-state index is -1.00. The van der Waals surface area contributed by atoms with Gasteiger partial charge in [-0.25, -0.2) is 14.8 Å². The zero-order valence-corrected chi connectivity index (χ0v) is 8.02. The molecule has 0 aliphatic rings. The molecular weight excluding hydrogens is 198 g/mol. The molecule has 2 rings (SSSR count). The van der Waals surface area contributed by atoms with E-state index in [2.05, 4.69) is 15.0 Å². The van der Waals surface area contributed by atoms with Gasteiger partial charge in [0, 0.05) is 13.3 Å². The van der Waals surface area contributed by atoms with Gasteiger partial charge in [-0.1, -0.05) is 0 Å². The van der Waals surface area contributed by atoms with Gasteiger partial charge >= 0.3 is 5.97 Å². The number of fused-ring (bicyclic) bond motifs is 1. The van der Waals surface area contributed by atoms with Crippen LogP contribution in [0.25, 0.3) is 11.2 Å². The number of pyridine rings is 1. The molecule has 0 spiro atoms. The number of carbonyl (C=O) groups is 1. The average Bonchev–Trinajstić information content (AvgIpc) is 2.59. The second kappa shape index (κ2) is 3.66. The Labute approximate surface area is 84.9 Å². The Morgan fingerprint density at radius 3 is 3.13 bits per heavy atom. The monoisotopic (exact) mass is 207 g/mol. The predicted octanol–water partition coefficient (Wildman–Crippen LogP) is 0.802. The largest absolute Gasteiger partial charge is 0.478 e. The molecule has 0 saturated carbocycles. The summed E-state index contributed by atoms with van der Waals surface area (Å²) < 4.78 is 4.89. The van der Waals surface area contributed by atoms with Crippen LogP contribution in [0.2, 0.25) is 0 Å². The van der Waals surface area contributed by atoms with Gasteiger partial charge in [0.25, 0.3) is 0 Å². The van der Waals surface area contributed by atoms with Crippen LogP contribution in [0, 0.1) is 0 Å². The van der Waals surface area contributed by atoms with Gasteiger partial charge in [-0.15, -0.1) is 0 Å². The Morgan fingerprint density at radius 1 is 1.67 bits per heavy atom. The van der Waals surface area contributed by atoms with Gasteiger partial charge in [-0.3, -0.25) is 0 Å². The molecule has 15 heavy (non-hydrogen) atoms. The van der Waals surface area contributed by atoms with Crippen molar-refractivity contribution >= 4 is 17.1 Å². The van der Waals surface area contributed by atoms with E-state index >= 15 is 0 Å². The molecule has 0 radical (unpaired) electrons. The van der Waals surface area contributed by atoms with Crippen LogP contribution in [0.1, 0.15) is 16.2 Å². The van der Waals surface area contributed by atoms with Crippen molar-refractivity contribution in [2.75, 3.05) is 7.11 Å². The second-order valence-electron chi connectivity index (χ2n) is 2.98. The number of methoxy groups -OCH3 is 1. The Balaban J connectivity index is 2.59. The second-order valence-corrected chi connectivity index (χ2v) is 2.98. The molecule has 2 aromatic rings. The Morgan fingerprint density at radius 2 is 2.47 bits per heavy atom. The third kappa shape index (κ3) is 1.66. The highest BCUT2D eigenvalue weighted by molar-refractivity contribution is 5.99. The van der Waals surface area contributed by atoms with Gasteiger partial charge < -0.3 is 14.8 Å². The fourth-order valence-electron chi connectivity index (χ4n) is 1.34. The van der Waals surface area contributed by atoms with Crippen LogP contribution in [0.15, 0.2) is 12.3 Å². The summed E-state index contributed by atoms with van der Waals surface area (Å²) >= 11 is 0. The number of hydrogen-bond acceptors (Lipinski definition) is 4. The molecule has 0 amide bonds. The van der Waals surface area contributed by atoms with Gasteiger partial charge in [-0.2, -0.15) is 0 Å². The molecule has 2 heterocycles. The highest BCUT2D eigenvalue weighted by Gasteiger charge is 2.12. The van der Waals surface area contributed by atoms with E-state index in [1.165, 1.54) is 12.3 Å². The predicted molar refractivity (Wildman–Crippen MR) is 51.6 cm³/mol. The number of nitrogens with zero attached hydrogens (tertiary/aromatic N) is 2. The summed E-state index contributed by atoms with van der Waals surface area (Å²) in [6, 6.07) is 1.43. The van der Waals surface area contributed by atoms with Gasteiger partial charge in [0.2, 0.25) is 0 Å². The zero-order valence-electron chi connectivity index (χ0n) is 8.02. The molecule has 78 valence electrons. The summed E-state index contributed by atoms with van der Waals surface area (Å²) in [5.74, 6) is -0.441. The third-order valence-electron chi connectivity index (χ3n) is 1.95. The molecule has 0 aliphatic heterocycles. The summed E-state index contributed by atoms with van der Waals surface area (Å²) in [4.78, 5) is 21.8. The van der Waals surface area contributed by atoms with Crippen molar-refractivity contribution in [1.82, 2.24) is 15.0 Å². The lowest BCUT2D eigenvalue weighted by molar-refractivity contribution is 0.0698. The van der Waals surface area contributed by atoms with Crippen LogP contribution >= 0.6 is 0 Å². The number of aromatic nitrogens is 3. The van der Waals surface area contributed by atoms with Gasteiger partial charge in [0.15, 0.2) is 5.65 Å². The van der Waals surface area contributed by atoms with E-state index in [1.807, 2.05) is 0 Å². The lowest BCUT2D eigenvalue weighted by Crippen LogP contribution is -1.97. The summed E-state index contributed by atoms with van der Waals surface area (Å²) in [6.07, 6.45) is 1.42. The summed E-state index contributed by atoms with van der Waals surface area (Å²) in [7, 11) is 1.54. The smallest absolute Gasteiger partial charge is 0.338 e. The standard InChI is InChI=1S/C9H9N3O3/c1-15-4-6-11-7-5(9(13)14)2-3-10-8(7)12-6/h2-3H,4H2,1H3,(H,13,14)(H,10,11,12). The van der Waals surface area contributed by atoms with Gasteiger partial charge in [-0.05, 0) is 6.07 Å². The number of rotatable bonds is 3. The molecule has 0 saturated heterocycles. The van der Waals surface area contributed by atoms with E-state index in [1.54, 1.807) is 7.11 Å². The Kier molecular flexibility index (Phi) is 2.34. The van der Waals surface area contributed by atoms with Crippen LogP contribution in [-0.2, 0) is 11.3 Å². The Bertz CT molecular complexity index is 506. The SMILES string of the molecule is COCc1nc2nccc(C(=O)O)c2[nH]1. The fourth-order valence-corrected chi connectivity index (χ4v) is 1.34. The minimum absolute atomic E-state index is 0.162. The normalized spacial score (nSPS) is 10.7. The molecule has 0 atom stereocenters. The number of hydrogen-bond donors (Lipinski definition) is 2. The van der Waals surface area contributed by atoms with Crippen LogP contribution in [0.3, 0.4) is 0 Å². The lowest BCUT2D eigenvalue weighted by Gasteiger charge is -1.93. The van der Waals surface area contributed by atoms with Crippen LogP contribution < -0.4 is 0 Å². The molecule has 6 nitrogen and oxygen atoms in total. The average molecular weight is 207 g/mol. The summed E-state index contributed by atoms with van der Waals surface area (Å²) in [6.45, 7) is 0.301. The van der Waals surface area contributed by atoms with E-state index in [0.29, 0.717) is 23.6 Å². The van der Waals surface area contributed by atoms with Crippen molar-refractivity contribution in [3.8, 4) is 0 Å². The number of aromatic amines is 1. The summed E-state index contributed by atoms with van der Waals surface area (Å²) in [5, 5.41) is 8.92. The maximum atomic E-state index is 10.9. The van der Waals surface area contributed by atoms with Gasteiger partial charge in [0.1, 0.15) is 12.4 Å². The van der Waals surface area contributed by atoms with Gasteiger partial charge in [0.05, 0.1) is 11.1 Å². The number of carboxylic acids is 1. The van der Waals surface area contributed by atoms with E-state index < -0.39 is 5.97 Å². The van der Waals surface area contributed by atoms with Crippen molar-refractivity contribution in [2.45, 2.75) is 6.61 Å². The molecule has 0 unspecified atom stereocenters. The highest BCUT2D eigenvalue weighted by Crippen LogP contribution is 2.14. The van der Waals surface area contributed by atoms with Crippen molar-refractivity contribution in [3.63, 3.8) is 0 Å². The van der Waals surface area contributed by atoms with E-state index in [4.69, 9.17) is 9.84 Å². The van der Waals surface area contributed by atoms with E-state index in [-0.39, 0.29) is 5.56 Å². The number of carboxylic acid groups (broad SMARTS) is 1. The first-order valence-corrected chi connectivity index (χ1v) is 4.28. The first-order chi connectivity index (χ1) is 7.22. The number of nitrogens with one attached hydrogen (secondary N) is 1. The number of ether oxygens (including phenoxy) is 1. The molecule has 2 N–H and O–H groups in total. The topological polar surface area (TPSA) is 88.1 Å². The molecule has 0 aliphatic carbocycles. The van der Waals surface area contributed by atoms with Crippen molar-refractivity contribution in [3.05, 3.63) is 23.7 Å². The first kappa shape index (κ1) is 9.60. The van der Waals surface area contributed by atoms with E-state index in [0.717, 1.165) is 0 Å². The number of aromatic carboxylic acids is 1. The Hall–Kier alpha value is -1.95. The first-order valence-electron chi connectivity index (χ1n) is 4.28. The molecule has 6 heteroatoms. The molecule has 2 aromatic heterocycles. The third-order valence-corrected chi connectivity index (χ3v) is 1.95. The molecule has 0 aromatic carbocycles. The maximum absolute atomic E-state index is 10.9. The van der Waals surface area contributed by atoms with Crippen LogP contribution in [0.5, 0.6) is 0 Å². The van der Waals surface area contributed by atoms with Crippen molar-refractivity contribution < 1.29 is 14.6 Å². The zero-order chi connectivity index (χ0) is 10.8. The lowest BCUT2D eigenvalue weighted by atomic mass is 10.2. The van der Waals surface area contributed by atoms with E-state index in [9.17, 15) is 4.79 Å². The molecule has 0 bridgehead atoms. The number of H-pyrrole nitrogens is 1. The maximum Gasteiger partial charge on any atom is 0.338 e. The minimum Gasteiger partial charge on any atom is -0.478 e. The van der Waals surface area contributed by atoms with Crippen molar-refractivity contribution in [1.29, 1.82) is 0 Å². The van der Waals surface area contributed by atoms with Crippen LogP contribution in [0.4, 0.5) is 0 Å². The number of imidazole rings is 1. The molecule has 0 fully saturated rings. The summed E-state index contributed by atoms with van der Waals surface area (Å²) in [5.41, 5.74) is 0.980. The fraction of sp³-hybridized carbons (Fsp3) is 0.222. The molecular formula is C9H9N3O3. The highest BCUT2D eigenvalue weighted by atomic mass is 16.5. The van der Waals surface area contributed by atoms with Crippen molar-refractivity contribution in [2.24, 2.45) is 0 Å².